The summed E-state index contributed by atoms with van der Waals surface area (Å²) >= 11 is 0. The van der Waals surface area contributed by atoms with Gasteiger partial charge in [-0.2, -0.15) is 0 Å². The molecule has 0 bridgehead atoms. The third kappa shape index (κ3) is 3.48. The van der Waals surface area contributed by atoms with Crippen LogP contribution in [0, 0.1) is 0 Å². The first-order valence-corrected chi connectivity index (χ1v) is 7.51. The Hall–Kier alpha value is -1.06. The van der Waals surface area contributed by atoms with Gasteiger partial charge in [0.1, 0.15) is 5.75 Å². The second kappa shape index (κ2) is 6.92. The van der Waals surface area contributed by atoms with Crippen molar-refractivity contribution in [2.45, 2.75) is 45.2 Å². The Bertz CT molecular complexity index is 388. The number of nitrogens with one attached hydrogen (secondary N) is 1. The third-order valence-corrected chi connectivity index (χ3v) is 4.15. The molecule has 0 amide bonds. The molecule has 2 unspecified atom stereocenters. The summed E-state index contributed by atoms with van der Waals surface area (Å²) in [6.45, 7) is 7.64. The maximum atomic E-state index is 10.1. The van der Waals surface area contributed by atoms with Gasteiger partial charge < -0.3 is 10.4 Å². The average molecular weight is 262 g/mol. The van der Waals surface area contributed by atoms with Gasteiger partial charge in [-0.05, 0) is 38.4 Å². The first kappa shape index (κ1) is 14.4. The van der Waals surface area contributed by atoms with E-state index in [1.165, 1.54) is 12.8 Å². The number of para-hydroxylation sites is 1. The minimum absolute atomic E-state index is 0.314. The van der Waals surface area contributed by atoms with E-state index in [1.54, 1.807) is 6.07 Å². The van der Waals surface area contributed by atoms with E-state index in [0.717, 1.165) is 31.6 Å². The molecule has 1 heterocycles. The molecular formula is C16H26N2O. The molecule has 1 aromatic rings. The van der Waals surface area contributed by atoms with Crippen molar-refractivity contribution >= 4 is 0 Å². The zero-order chi connectivity index (χ0) is 13.7. The quantitative estimate of drug-likeness (QED) is 0.827. The second-order valence-corrected chi connectivity index (χ2v) is 5.36. The number of aromatic hydroxyl groups is 1. The van der Waals surface area contributed by atoms with Crippen LogP contribution in [0.3, 0.4) is 0 Å². The Kier molecular flexibility index (Phi) is 5.23. The SMILES string of the molecule is CCC(c1ccccc1O)N(CC)CC1CCCN1. The molecule has 19 heavy (non-hydrogen) atoms. The first-order chi connectivity index (χ1) is 9.26. The van der Waals surface area contributed by atoms with Gasteiger partial charge in [0.25, 0.3) is 0 Å². The average Bonchev–Trinajstić information content (AvgIpc) is 2.93. The van der Waals surface area contributed by atoms with Crippen molar-refractivity contribution in [2.24, 2.45) is 0 Å². The van der Waals surface area contributed by atoms with E-state index >= 15 is 0 Å². The highest BCUT2D eigenvalue weighted by molar-refractivity contribution is 5.34. The summed E-state index contributed by atoms with van der Waals surface area (Å²) in [7, 11) is 0. The van der Waals surface area contributed by atoms with Gasteiger partial charge in [-0.25, -0.2) is 0 Å². The van der Waals surface area contributed by atoms with Crippen LogP contribution in [-0.4, -0.2) is 35.7 Å². The molecule has 1 saturated heterocycles. The van der Waals surface area contributed by atoms with E-state index in [4.69, 9.17) is 0 Å². The van der Waals surface area contributed by atoms with Crippen LogP contribution in [0.1, 0.15) is 44.7 Å². The van der Waals surface area contributed by atoms with Gasteiger partial charge >= 0.3 is 0 Å². The van der Waals surface area contributed by atoms with Crippen LogP contribution < -0.4 is 5.32 Å². The fraction of sp³-hybridized carbons (Fsp3) is 0.625. The van der Waals surface area contributed by atoms with Crippen LogP contribution in [0.4, 0.5) is 0 Å². The molecule has 106 valence electrons. The summed E-state index contributed by atoms with van der Waals surface area (Å²) in [6, 6.07) is 8.67. The topological polar surface area (TPSA) is 35.5 Å². The predicted octanol–water partition coefficient (Wildman–Crippen LogP) is 2.92. The molecule has 2 N–H and O–H groups in total. The molecular weight excluding hydrogens is 236 g/mol. The minimum atomic E-state index is 0.314. The number of phenols is 1. The number of likely N-dealkylation sites (N-methyl/N-ethyl adjacent to an activating group) is 1. The Labute approximate surface area is 116 Å². The molecule has 3 nitrogen and oxygen atoms in total. The van der Waals surface area contributed by atoms with Crippen molar-refractivity contribution in [3.63, 3.8) is 0 Å². The van der Waals surface area contributed by atoms with Gasteiger partial charge in [0.2, 0.25) is 0 Å². The summed E-state index contributed by atoms with van der Waals surface area (Å²) in [5.41, 5.74) is 1.06. The number of nitrogens with zero attached hydrogens (tertiary/aromatic N) is 1. The number of rotatable bonds is 6. The molecule has 1 fully saturated rings. The van der Waals surface area contributed by atoms with Gasteiger partial charge in [0.15, 0.2) is 0 Å². The van der Waals surface area contributed by atoms with Crippen molar-refractivity contribution < 1.29 is 5.11 Å². The Morgan fingerprint density at radius 3 is 2.74 bits per heavy atom. The lowest BCUT2D eigenvalue weighted by molar-refractivity contribution is 0.182. The Morgan fingerprint density at radius 1 is 1.37 bits per heavy atom. The summed E-state index contributed by atoms with van der Waals surface area (Å²) in [6.07, 6.45) is 3.58. The van der Waals surface area contributed by atoms with Crippen molar-refractivity contribution in [1.82, 2.24) is 10.2 Å². The zero-order valence-corrected chi connectivity index (χ0v) is 12.1. The molecule has 0 aromatic heterocycles. The number of hydrogen-bond acceptors (Lipinski definition) is 3. The van der Waals surface area contributed by atoms with Crippen LogP contribution >= 0.6 is 0 Å². The summed E-state index contributed by atoms with van der Waals surface area (Å²) < 4.78 is 0. The molecule has 2 rings (SSSR count). The standard InChI is InChI=1S/C16H26N2O/c1-3-15(14-9-5-6-10-16(14)19)18(4-2)12-13-8-7-11-17-13/h5-6,9-10,13,15,17,19H,3-4,7-8,11-12H2,1-2H3. The van der Waals surface area contributed by atoms with Gasteiger partial charge in [-0.1, -0.05) is 32.0 Å². The lowest BCUT2D eigenvalue weighted by Gasteiger charge is -2.32. The van der Waals surface area contributed by atoms with Crippen LogP contribution in [0.2, 0.25) is 0 Å². The molecule has 2 atom stereocenters. The highest BCUT2D eigenvalue weighted by Gasteiger charge is 2.24. The summed E-state index contributed by atoms with van der Waals surface area (Å²) in [5.74, 6) is 0.423. The summed E-state index contributed by atoms with van der Waals surface area (Å²) in [5, 5.41) is 13.6. The fourth-order valence-electron chi connectivity index (χ4n) is 3.12. The molecule has 1 aliphatic heterocycles. The van der Waals surface area contributed by atoms with E-state index < -0.39 is 0 Å². The minimum Gasteiger partial charge on any atom is -0.508 e. The van der Waals surface area contributed by atoms with E-state index in [-0.39, 0.29) is 0 Å². The van der Waals surface area contributed by atoms with Gasteiger partial charge in [0, 0.05) is 24.2 Å². The maximum Gasteiger partial charge on any atom is 0.120 e. The second-order valence-electron chi connectivity index (χ2n) is 5.36. The first-order valence-electron chi connectivity index (χ1n) is 7.51. The zero-order valence-electron chi connectivity index (χ0n) is 12.1. The van der Waals surface area contributed by atoms with Crippen molar-refractivity contribution in [3.05, 3.63) is 29.8 Å². The normalized spacial score (nSPS) is 20.9. The number of hydrogen-bond donors (Lipinski definition) is 2. The Balaban J connectivity index is 2.11. The lowest BCUT2D eigenvalue weighted by atomic mass is 10.0. The van der Waals surface area contributed by atoms with Gasteiger partial charge in [-0.15, -0.1) is 0 Å². The number of phenolic OH excluding ortho intramolecular Hbond substituents is 1. The lowest BCUT2D eigenvalue weighted by Crippen LogP contribution is -2.39. The van der Waals surface area contributed by atoms with Crippen molar-refractivity contribution in [2.75, 3.05) is 19.6 Å². The molecule has 0 radical (unpaired) electrons. The van der Waals surface area contributed by atoms with Crippen LogP contribution in [0.5, 0.6) is 5.75 Å². The predicted molar refractivity (Wildman–Crippen MR) is 79.4 cm³/mol. The molecule has 0 aliphatic carbocycles. The fourth-order valence-corrected chi connectivity index (χ4v) is 3.12. The van der Waals surface area contributed by atoms with E-state index in [9.17, 15) is 5.11 Å². The molecule has 1 aromatic carbocycles. The molecule has 1 aliphatic rings. The Morgan fingerprint density at radius 2 is 2.16 bits per heavy atom. The smallest absolute Gasteiger partial charge is 0.120 e. The van der Waals surface area contributed by atoms with Gasteiger partial charge in [0.05, 0.1) is 0 Å². The number of benzene rings is 1. The van der Waals surface area contributed by atoms with E-state index in [1.807, 2.05) is 18.2 Å². The highest BCUT2D eigenvalue weighted by atomic mass is 16.3. The highest BCUT2D eigenvalue weighted by Crippen LogP contribution is 2.31. The summed E-state index contributed by atoms with van der Waals surface area (Å²) in [4.78, 5) is 2.48. The van der Waals surface area contributed by atoms with Crippen molar-refractivity contribution in [3.8, 4) is 5.75 Å². The molecule has 0 saturated carbocycles. The maximum absolute atomic E-state index is 10.1. The van der Waals surface area contributed by atoms with E-state index in [0.29, 0.717) is 17.8 Å². The monoisotopic (exact) mass is 262 g/mol. The van der Waals surface area contributed by atoms with Crippen LogP contribution in [0.25, 0.3) is 0 Å². The van der Waals surface area contributed by atoms with E-state index in [2.05, 4.69) is 24.1 Å². The van der Waals surface area contributed by atoms with Crippen LogP contribution in [-0.2, 0) is 0 Å². The molecule has 3 heteroatoms. The third-order valence-electron chi connectivity index (χ3n) is 4.15. The molecule has 0 spiro atoms. The largest absolute Gasteiger partial charge is 0.508 e. The van der Waals surface area contributed by atoms with Crippen molar-refractivity contribution in [1.29, 1.82) is 0 Å². The van der Waals surface area contributed by atoms with Gasteiger partial charge in [-0.3, -0.25) is 4.90 Å². The van der Waals surface area contributed by atoms with Crippen LogP contribution in [0.15, 0.2) is 24.3 Å².